The minimum absolute atomic E-state index is 0.605. The van der Waals surface area contributed by atoms with Gasteiger partial charge in [0.15, 0.2) is 0 Å². The van der Waals surface area contributed by atoms with Gasteiger partial charge in [-0.15, -0.1) is 11.3 Å². The highest BCUT2D eigenvalue weighted by Crippen LogP contribution is 2.28. The highest BCUT2D eigenvalue weighted by Gasteiger charge is 2.05. The molecule has 0 bridgehead atoms. The highest BCUT2D eigenvalue weighted by molar-refractivity contribution is 7.16. The van der Waals surface area contributed by atoms with Gasteiger partial charge in [-0.1, -0.05) is 13.8 Å². The quantitative estimate of drug-likeness (QED) is 0.663. The maximum absolute atomic E-state index is 5.64. The van der Waals surface area contributed by atoms with Crippen LogP contribution in [0.4, 0.5) is 5.00 Å². The van der Waals surface area contributed by atoms with Crippen LogP contribution in [-0.2, 0) is 0 Å². The lowest BCUT2D eigenvalue weighted by Crippen LogP contribution is -1.85. The van der Waals surface area contributed by atoms with Crippen LogP contribution in [0.25, 0.3) is 0 Å². The van der Waals surface area contributed by atoms with E-state index in [4.69, 9.17) is 5.73 Å². The van der Waals surface area contributed by atoms with Gasteiger partial charge in [-0.2, -0.15) is 0 Å². The van der Waals surface area contributed by atoms with Crippen LogP contribution in [0.1, 0.15) is 30.2 Å². The summed E-state index contributed by atoms with van der Waals surface area (Å²) in [7, 11) is 0. The molecule has 0 aromatic carbocycles. The predicted octanol–water partition coefficient (Wildman–Crippen LogP) is 2.76. The van der Waals surface area contributed by atoms with Crippen LogP contribution in [0, 0.1) is 6.92 Å². The molecule has 2 N–H and O–H groups in total. The van der Waals surface area contributed by atoms with E-state index in [0.29, 0.717) is 5.92 Å². The summed E-state index contributed by atoms with van der Waals surface area (Å²) < 4.78 is 0. The molecule has 0 saturated carbocycles. The summed E-state index contributed by atoms with van der Waals surface area (Å²) in [6, 6.07) is 2.07. The normalized spacial score (nSPS) is 10.8. The first-order valence-corrected chi connectivity index (χ1v) is 4.28. The van der Waals surface area contributed by atoms with Gasteiger partial charge in [-0.05, 0) is 24.5 Å². The van der Waals surface area contributed by atoms with Crippen LogP contribution in [0.2, 0.25) is 0 Å². The molecule has 1 aromatic rings. The van der Waals surface area contributed by atoms with Gasteiger partial charge in [0, 0.05) is 4.88 Å². The van der Waals surface area contributed by atoms with Gasteiger partial charge in [0.25, 0.3) is 0 Å². The number of anilines is 1. The summed E-state index contributed by atoms with van der Waals surface area (Å²) in [5.74, 6) is 0.605. The van der Waals surface area contributed by atoms with Gasteiger partial charge in [-0.3, -0.25) is 0 Å². The fourth-order valence-corrected chi connectivity index (χ4v) is 2.05. The number of hydrogen-bond donors (Lipinski definition) is 1. The third-order valence-corrected chi connectivity index (χ3v) is 2.49. The first-order valence-electron chi connectivity index (χ1n) is 3.47. The summed E-state index contributed by atoms with van der Waals surface area (Å²) in [6.07, 6.45) is 0. The Bertz CT molecular complexity index is 225. The summed E-state index contributed by atoms with van der Waals surface area (Å²) >= 11 is 1.68. The average Bonchev–Trinajstić information content (AvgIpc) is 2.10. The Morgan fingerprint density at radius 3 is 2.30 bits per heavy atom. The maximum atomic E-state index is 5.64. The second-order valence-corrected chi connectivity index (χ2v) is 4.10. The van der Waals surface area contributed by atoms with Crippen molar-refractivity contribution in [2.24, 2.45) is 0 Å². The lowest BCUT2D eigenvalue weighted by atomic mass is 10.1. The first-order chi connectivity index (χ1) is 4.61. The number of thiophene rings is 1. The second kappa shape index (κ2) is 2.62. The maximum Gasteiger partial charge on any atom is 0.0862 e. The van der Waals surface area contributed by atoms with E-state index in [1.165, 1.54) is 10.4 Å². The molecular weight excluding hydrogens is 142 g/mol. The van der Waals surface area contributed by atoms with Gasteiger partial charge < -0.3 is 5.73 Å². The van der Waals surface area contributed by atoms with Crippen LogP contribution >= 0.6 is 11.3 Å². The Morgan fingerprint density at radius 2 is 2.10 bits per heavy atom. The first kappa shape index (κ1) is 7.61. The third kappa shape index (κ3) is 1.32. The van der Waals surface area contributed by atoms with Crippen LogP contribution in [0.15, 0.2) is 6.07 Å². The van der Waals surface area contributed by atoms with Crippen molar-refractivity contribution in [2.45, 2.75) is 26.7 Å². The lowest BCUT2D eigenvalue weighted by Gasteiger charge is -2.00. The largest absolute Gasteiger partial charge is 0.391 e. The summed E-state index contributed by atoms with van der Waals surface area (Å²) in [4.78, 5) is 1.35. The number of rotatable bonds is 1. The molecule has 0 atom stereocenters. The van der Waals surface area contributed by atoms with Gasteiger partial charge in [-0.25, -0.2) is 0 Å². The molecule has 0 aliphatic carbocycles. The van der Waals surface area contributed by atoms with Gasteiger partial charge in [0.1, 0.15) is 0 Å². The molecule has 10 heavy (non-hydrogen) atoms. The average molecular weight is 155 g/mol. The lowest BCUT2D eigenvalue weighted by molar-refractivity contribution is 0.865. The number of aryl methyl sites for hydroxylation is 1. The molecule has 0 saturated heterocycles. The van der Waals surface area contributed by atoms with Crippen molar-refractivity contribution < 1.29 is 0 Å². The molecule has 1 nitrogen and oxygen atoms in total. The van der Waals surface area contributed by atoms with Crippen LogP contribution in [0.3, 0.4) is 0 Å². The topological polar surface area (TPSA) is 26.0 Å². The molecule has 0 aliphatic heterocycles. The molecule has 2 heteroatoms. The zero-order valence-corrected chi connectivity index (χ0v) is 7.46. The summed E-state index contributed by atoms with van der Waals surface area (Å²) in [5.41, 5.74) is 7.03. The SMILES string of the molecule is Cc1sc(N)cc1C(C)C. The zero-order valence-electron chi connectivity index (χ0n) is 6.64. The van der Waals surface area contributed by atoms with E-state index in [9.17, 15) is 0 Å². The Morgan fingerprint density at radius 1 is 1.50 bits per heavy atom. The molecule has 56 valence electrons. The van der Waals surface area contributed by atoms with Crippen LogP contribution in [-0.4, -0.2) is 0 Å². The standard InChI is InChI=1S/C8H13NS/c1-5(2)7-4-8(9)10-6(7)3/h4-5H,9H2,1-3H3. The minimum Gasteiger partial charge on any atom is -0.391 e. The molecule has 1 aromatic heterocycles. The van der Waals surface area contributed by atoms with Crippen molar-refractivity contribution >= 4 is 16.3 Å². The molecule has 0 radical (unpaired) electrons. The smallest absolute Gasteiger partial charge is 0.0862 e. The van der Waals surface area contributed by atoms with E-state index in [1.807, 2.05) is 0 Å². The second-order valence-electron chi connectivity index (χ2n) is 2.81. The van der Waals surface area contributed by atoms with E-state index in [-0.39, 0.29) is 0 Å². The molecule has 0 fully saturated rings. The molecule has 0 spiro atoms. The van der Waals surface area contributed by atoms with E-state index in [1.54, 1.807) is 11.3 Å². The van der Waals surface area contributed by atoms with E-state index >= 15 is 0 Å². The van der Waals surface area contributed by atoms with Crippen molar-refractivity contribution in [1.82, 2.24) is 0 Å². The van der Waals surface area contributed by atoms with Gasteiger partial charge >= 0.3 is 0 Å². The van der Waals surface area contributed by atoms with Crippen molar-refractivity contribution in [2.75, 3.05) is 5.73 Å². The minimum atomic E-state index is 0.605. The highest BCUT2D eigenvalue weighted by atomic mass is 32.1. The summed E-state index contributed by atoms with van der Waals surface area (Å²) in [6.45, 7) is 6.50. The van der Waals surface area contributed by atoms with Crippen molar-refractivity contribution in [3.63, 3.8) is 0 Å². The number of hydrogen-bond acceptors (Lipinski definition) is 2. The fourth-order valence-electron chi connectivity index (χ4n) is 1.09. The van der Waals surface area contributed by atoms with Crippen molar-refractivity contribution in [1.29, 1.82) is 0 Å². The molecule has 0 aliphatic rings. The van der Waals surface area contributed by atoms with Gasteiger partial charge in [0.2, 0.25) is 0 Å². The van der Waals surface area contributed by atoms with E-state index in [2.05, 4.69) is 26.8 Å². The Kier molecular flexibility index (Phi) is 2.00. The zero-order chi connectivity index (χ0) is 7.72. The molecule has 1 heterocycles. The van der Waals surface area contributed by atoms with Crippen LogP contribution in [0.5, 0.6) is 0 Å². The Balaban J connectivity index is 3.03. The van der Waals surface area contributed by atoms with E-state index in [0.717, 1.165) is 5.00 Å². The van der Waals surface area contributed by atoms with E-state index < -0.39 is 0 Å². The third-order valence-electron chi connectivity index (χ3n) is 1.60. The number of nitrogens with two attached hydrogens (primary N) is 1. The van der Waals surface area contributed by atoms with Gasteiger partial charge in [0.05, 0.1) is 5.00 Å². The molecule has 0 amide bonds. The molecule has 1 rings (SSSR count). The molecule has 0 unspecified atom stereocenters. The predicted molar refractivity (Wildman–Crippen MR) is 47.6 cm³/mol. The monoisotopic (exact) mass is 155 g/mol. The van der Waals surface area contributed by atoms with Crippen molar-refractivity contribution in [3.8, 4) is 0 Å². The van der Waals surface area contributed by atoms with Crippen LogP contribution < -0.4 is 5.73 Å². The number of nitrogen functional groups attached to an aromatic ring is 1. The fraction of sp³-hybridized carbons (Fsp3) is 0.500. The van der Waals surface area contributed by atoms with Crippen molar-refractivity contribution in [3.05, 3.63) is 16.5 Å². The Hall–Kier alpha value is -0.500. The Labute approximate surface area is 65.9 Å². The molecular formula is C8H13NS. The summed E-state index contributed by atoms with van der Waals surface area (Å²) in [5, 5.41) is 0.932.